The number of alkyl halides is 3. The zero-order valence-electron chi connectivity index (χ0n) is 12.6. The molecule has 1 amide bonds. The lowest BCUT2D eigenvalue weighted by Crippen LogP contribution is -2.46. The molecule has 2 N–H and O–H groups in total. The van der Waals surface area contributed by atoms with Crippen molar-refractivity contribution >= 4 is 5.91 Å². The van der Waals surface area contributed by atoms with Gasteiger partial charge in [0.2, 0.25) is 5.91 Å². The molecule has 0 heterocycles. The predicted molar refractivity (Wildman–Crippen MR) is 78.5 cm³/mol. The van der Waals surface area contributed by atoms with Crippen LogP contribution in [0.15, 0.2) is 24.3 Å². The second-order valence-corrected chi connectivity index (χ2v) is 5.84. The number of nitrogens with one attached hydrogen (secondary N) is 2. The predicted octanol–water partition coefficient (Wildman–Crippen LogP) is 2.85. The van der Waals surface area contributed by atoms with Gasteiger partial charge in [-0.15, -0.1) is 0 Å². The minimum atomic E-state index is -4.34. The number of carbonyl (C=O) groups is 1. The molecule has 0 saturated heterocycles. The van der Waals surface area contributed by atoms with Crippen molar-refractivity contribution in [2.75, 3.05) is 20.1 Å². The second kappa shape index (κ2) is 6.69. The van der Waals surface area contributed by atoms with Crippen LogP contribution in [0.4, 0.5) is 13.2 Å². The van der Waals surface area contributed by atoms with Crippen molar-refractivity contribution in [2.45, 2.75) is 37.3 Å². The van der Waals surface area contributed by atoms with E-state index >= 15 is 0 Å². The Kier molecular flexibility index (Phi) is 5.11. The van der Waals surface area contributed by atoms with Crippen molar-refractivity contribution in [1.82, 2.24) is 10.6 Å². The molecule has 6 heteroatoms. The Morgan fingerprint density at radius 1 is 1.32 bits per heavy atom. The molecule has 0 aromatic heterocycles. The highest BCUT2D eigenvalue weighted by Crippen LogP contribution is 2.44. The molecule has 0 unspecified atom stereocenters. The maximum Gasteiger partial charge on any atom is 0.416 e. The van der Waals surface area contributed by atoms with Crippen LogP contribution < -0.4 is 10.6 Å². The van der Waals surface area contributed by atoms with Crippen molar-refractivity contribution in [3.05, 3.63) is 35.4 Å². The van der Waals surface area contributed by atoms with Gasteiger partial charge in [0.25, 0.3) is 0 Å². The van der Waals surface area contributed by atoms with Crippen LogP contribution in [0.1, 0.15) is 36.8 Å². The monoisotopic (exact) mass is 314 g/mol. The first-order chi connectivity index (χ1) is 10.4. The normalized spacial score (nSPS) is 16.9. The number of hydrogen-bond donors (Lipinski definition) is 2. The largest absolute Gasteiger partial charge is 0.416 e. The standard InChI is InChI=1S/C16H21F3N2O/c1-20-9-6-14(22)21-11-15(7-3-8-15)12-4-2-5-13(10-12)16(17,18)19/h2,4-5,10,20H,3,6-9,11H2,1H3,(H,21,22). The smallest absolute Gasteiger partial charge is 0.355 e. The number of hydrogen-bond acceptors (Lipinski definition) is 2. The first-order valence-corrected chi connectivity index (χ1v) is 7.46. The van der Waals surface area contributed by atoms with Gasteiger partial charge in [-0.2, -0.15) is 13.2 Å². The first kappa shape index (κ1) is 16.8. The van der Waals surface area contributed by atoms with Crippen LogP contribution in [0.2, 0.25) is 0 Å². The first-order valence-electron chi connectivity index (χ1n) is 7.46. The molecule has 1 aliphatic carbocycles. The highest BCUT2D eigenvalue weighted by Gasteiger charge is 2.40. The molecular formula is C16H21F3N2O. The van der Waals surface area contributed by atoms with Gasteiger partial charge in [-0.1, -0.05) is 24.6 Å². The molecule has 2 rings (SSSR count). The molecule has 22 heavy (non-hydrogen) atoms. The molecule has 1 saturated carbocycles. The summed E-state index contributed by atoms with van der Waals surface area (Å²) >= 11 is 0. The molecule has 3 nitrogen and oxygen atoms in total. The Hall–Kier alpha value is -1.56. The van der Waals surface area contributed by atoms with E-state index in [2.05, 4.69) is 10.6 Å². The van der Waals surface area contributed by atoms with Crippen LogP contribution in [0, 0.1) is 0 Å². The third-order valence-electron chi connectivity index (χ3n) is 4.34. The molecule has 1 fully saturated rings. The average molecular weight is 314 g/mol. The van der Waals surface area contributed by atoms with E-state index in [4.69, 9.17) is 0 Å². The summed E-state index contributed by atoms with van der Waals surface area (Å²) < 4.78 is 38.6. The van der Waals surface area contributed by atoms with E-state index in [1.165, 1.54) is 12.1 Å². The fourth-order valence-corrected chi connectivity index (χ4v) is 2.79. The zero-order valence-corrected chi connectivity index (χ0v) is 12.6. The van der Waals surface area contributed by atoms with Gasteiger partial charge in [-0.05, 0) is 31.5 Å². The Balaban J connectivity index is 2.09. The Bertz CT molecular complexity index is 524. The van der Waals surface area contributed by atoms with Gasteiger partial charge in [-0.25, -0.2) is 0 Å². The third kappa shape index (κ3) is 3.80. The van der Waals surface area contributed by atoms with Crippen LogP contribution in [-0.2, 0) is 16.4 Å². The van der Waals surface area contributed by atoms with E-state index in [9.17, 15) is 18.0 Å². The fraction of sp³-hybridized carbons (Fsp3) is 0.562. The quantitative estimate of drug-likeness (QED) is 0.848. The van der Waals surface area contributed by atoms with E-state index in [0.717, 1.165) is 25.3 Å². The number of carbonyl (C=O) groups excluding carboxylic acids is 1. The van der Waals surface area contributed by atoms with Gasteiger partial charge in [0, 0.05) is 24.9 Å². The van der Waals surface area contributed by atoms with Gasteiger partial charge in [0.15, 0.2) is 0 Å². The number of benzene rings is 1. The summed E-state index contributed by atoms with van der Waals surface area (Å²) in [6, 6.07) is 5.48. The van der Waals surface area contributed by atoms with Gasteiger partial charge < -0.3 is 10.6 Å². The Morgan fingerprint density at radius 3 is 2.59 bits per heavy atom. The van der Waals surface area contributed by atoms with Gasteiger partial charge in [0.05, 0.1) is 5.56 Å². The molecule has 1 aromatic rings. The van der Waals surface area contributed by atoms with E-state index in [1.54, 1.807) is 13.1 Å². The van der Waals surface area contributed by atoms with E-state index < -0.39 is 11.7 Å². The molecule has 1 aromatic carbocycles. The molecule has 0 spiro atoms. The maximum absolute atomic E-state index is 12.9. The lowest BCUT2D eigenvalue weighted by Gasteiger charge is -2.43. The highest BCUT2D eigenvalue weighted by molar-refractivity contribution is 5.76. The summed E-state index contributed by atoms with van der Waals surface area (Å²) in [4.78, 5) is 11.7. The summed E-state index contributed by atoms with van der Waals surface area (Å²) in [5.41, 5.74) is -0.309. The van der Waals surface area contributed by atoms with Crippen LogP contribution in [0.3, 0.4) is 0 Å². The molecular weight excluding hydrogens is 293 g/mol. The average Bonchev–Trinajstić information content (AvgIpc) is 2.43. The minimum Gasteiger partial charge on any atom is -0.355 e. The van der Waals surface area contributed by atoms with E-state index in [-0.39, 0.29) is 11.3 Å². The molecule has 0 radical (unpaired) electrons. The van der Waals surface area contributed by atoms with Gasteiger partial charge in [-0.3, -0.25) is 4.79 Å². The molecule has 0 bridgehead atoms. The molecule has 0 atom stereocenters. The molecule has 1 aliphatic rings. The summed E-state index contributed by atoms with van der Waals surface area (Å²) in [5, 5.41) is 5.75. The number of rotatable bonds is 6. The van der Waals surface area contributed by atoms with Crippen molar-refractivity contribution in [3.8, 4) is 0 Å². The van der Waals surface area contributed by atoms with Crippen molar-refractivity contribution in [1.29, 1.82) is 0 Å². The van der Waals surface area contributed by atoms with Crippen molar-refractivity contribution in [2.24, 2.45) is 0 Å². The summed E-state index contributed by atoms with van der Waals surface area (Å²) in [6.45, 7) is 0.985. The fourth-order valence-electron chi connectivity index (χ4n) is 2.79. The maximum atomic E-state index is 12.9. The molecule has 122 valence electrons. The van der Waals surface area contributed by atoms with E-state index in [1.807, 2.05) is 0 Å². The second-order valence-electron chi connectivity index (χ2n) is 5.84. The third-order valence-corrected chi connectivity index (χ3v) is 4.34. The molecule has 0 aliphatic heterocycles. The van der Waals surface area contributed by atoms with Crippen LogP contribution in [-0.4, -0.2) is 26.0 Å². The van der Waals surface area contributed by atoms with Crippen molar-refractivity contribution < 1.29 is 18.0 Å². The SMILES string of the molecule is CNCCC(=O)NCC1(c2cccc(C(F)(F)F)c2)CCC1. The Morgan fingerprint density at radius 2 is 2.05 bits per heavy atom. The van der Waals surface area contributed by atoms with Crippen LogP contribution in [0.5, 0.6) is 0 Å². The van der Waals surface area contributed by atoms with Gasteiger partial charge >= 0.3 is 6.18 Å². The summed E-state index contributed by atoms with van der Waals surface area (Å²) in [6.07, 6.45) is -1.38. The zero-order chi connectivity index (χ0) is 16.2. The topological polar surface area (TPSA) is 41.1 Å². The van der Waals surface area contributed by atoms with Crippen LogP contribution >= 0.6 is 0 Å². The lowest BCUT2D eigenvalue weighted by molar-refractivity contribution is -0.137. The number of amides is 1. The van der Waals surface area contributed by atoms with Crippen LogP contribution in [0.25, 0.3) is 0 Å². The summed E-state index contributed by atoms with van der Waals surface area (Å²) in [7, 11) is 1.77. The van der Waals surface area contributed by atoms with E-state index in [0.29, 0.717) is 25.1 Å². The summed E-state index contributed by atoms with van der Waals surface area (Å²) in [5.74, 6) is -0.0763. The van der Waals surface area contributed by atoms with Gasteiger partial charge in [0.1, 0.15) is 0 Å². The minimum absolute atomic E-state index is 0.0763. The highest BCUT2D eigenvalue weighted by atomic mass is 19.4. The number of halogens is 3. The lowest BCUT2D eigenvalue weighted by atomic mass is 9.64. The Labute approximate surface area is 128 Å². The van der Waals surface area contributed by atoms with Crippen molar-refractivity contribution in [3.63, 3.8) is 0 Å².